The van der Waals surface area contributed by atoms with Crippen molar-refractivity contribution in [3.63, 3.8) is 0 Å². The molecule has 0 aliphatic rings. The normalized spacial score (nSPS) is 11.4. The first kappa shape index (κ1) is 31.1. The van der Waals surface area contributed by atoms with Crippen LogP contribution in [-0.4, -0.2) is 9.97 Å². The fourth-order valence-electron chi connectivity index (χ4n) is 7.48. The first-order chi connectivity index (χ1) is 26.2. The van der Waals surface area contributed by atoms with E-state index in [0.717, 1.165) is 55.5 Å². The molecule has 0 amide bonds. The maximum absolute atomic E-state index is 5.39. The molecule has 3 heteroatoms. The summed E-state index contributed by atoms with van der Waals surface area (Å²) >= 11 is 1.86. The van der Waals surface area contributed by atoms with Crippen molar-refractivity contribution in [3.8, 4) is 67.3 Å². The third kappa shape index (κ3) is 5.78. The van der Waals surface area contributed by atoms with E-state index in [1.807, 2.05) is 11.3 Å². The Labute approximate surface area is 312 Å². The molecule has 2 heterocycles. The topological polar surface area (TPSA) is 25.8 Å². The Morgan fingerprint density at radius 3 is 1.68 bits per heavy atom. The molecule has 0 N–H and O–H groups in total. The van der Waals surface area contributed by atoms with Crippen LogP contribution >= 0.6 is 11.3 Å². The van der Waals surface area contributed by atoms with Crippen LogP contribution in [0.25, 0.3) is 98.2 Å². The second-order valence-electron chi connectivity index (χ2n) is 13.4. The lowest BCUT2D eigenvalue weighted by molar-refractivity contribution is 1.19. The molecule has 0 unspecified atom stereocenters. The predicted molar refractivity (Wildman–Crippen MR) is 225 cm³/mol. The van der Waals surface area contributed by atoms with E-state index in [4.69, 9.17) is 9.97 Å². The van der Waals surface area contributed by atoms with Gasteiger partial charge in [-0.15, -0.1) is 11.3 Å². The summed E-state index contributed by atoms with van der Waals surface area (Å²) in [5, 5.41) is 4.88. The van der Waals surface area contributed by atoms with E-state index in [-0.39, 0.29) is 0 Å². The molecule has 2 nitrogen and oxygen atoms in total. The van der Waals surface area contributed by atoms with Gasteiger partial charge in [0.1, 0.15) is 0 Å². The van der Waals surface area contributed by atoms with Gasteiger partial charge in [-0.25, -0.2) is 9.97 Å². The summed E-state index contributed by atoms with van der Waals surface area (Å²) in [5.41, 5.74) is 11.9. The van der Waals surface area contributed by atoms with Crippen LogP contribution in [0.4, 0.5) is 0 Å². The van der Waals surface area contributed by atoms with Gasteiger partial charge in [-0.3, -0.25) is 0 Å². The van der Waals surface area contributed by atoms with E-state index in [2.05, 4.69) is 194 Å². The first-order valence-corrected chi connectivity index (χ1v) is 18.7. The molecule has 53 heavy (non-hydrogen) atoms. The Bertz CT molecular complexity index is 2940. The maximum Gasteiger partial charge on any atom is 0.161 e. The highest BCUT2D eigenvalue weighted by molar-refractivity contribution is 7.26. The van der Waals surface area contributed by atoms with Gasteiger partial charge < -0.3 is 0 Å². The molecule has 10 rings (SSSR count). The fraction of sp³-hybridized carbons (Fsp3) is 0. The Balaban J connectivity index is 1.22. The van der Waals surface area contributed by atoms with Gasteiger partial charge in [0.15, 0.2) is 5.82 Å². The minimum atomic E-state index is 0.706. The lowest BCUT2D eigenvalue weighted by Gasteiger charge is -2.14. The van der Waals surface area contributed by atoms with Crippen molar-refractivity contribution < 1.29 is 0 Å². The molecule has 10 aromatic rings. The Kier molecular flexibility index (Phi) is 7.71. The molecule has 0 bridgehead atoms. The van der Waals surface area contributed by atoms with Crippen molar-refractivity contribution in [1.82, 2.24) is 9.97 Å². The molecule has 0 saturated carbocycles. The summed E-state index contributed by atoms with van der Waals surface area (Å²) < 4.78 is 2.59. The largest absolute Gasteiger partial charge is 0.228 e. The highest BCUT2D eigenvalue weighted by Gasteiger charge is 2.17. The Morgan fingerprint density at radius 2 is 0.849 bits per heavy atom. The number of hydrogen-bond acceptors (Lipinski definition) is 3. The van der Waals surface area contributed by atoms with Gasteiger partial charge >= 0.3 is 0 Å². The molecule has 8 aromatic carbocycles. The number of benzene rings is 8. The number of nitrogens with zero attached hydrogens (tertiary/aromatic N) is 2. The van der Waals surface area contributed by atoms with Crippen LogP contribution in [0.15, 0.2) is 194 Å². The quantitative estimate of drug-likeness (QED) is 0.173. The average molecular weight is 693 g/mol. The van der Waals surface area contributed by atoms with Crippen molar-refractivity contribution in [2.45, 2.75) is 0 Å². The summed E-state index contributed by atoms with van der Waals surface area (Å²) in [4.78, 5) is 10.7. The van der Waals surface area contributed by atoms with E-state index in [9.17, 15) is 0 Å². The molecule has 2 aromatic heterocycles. The molecule has 0 radical (unpaired) electrons. The number of fused-ring (bicyclic) bond motifs is 4. The van der Waals surface area contributed by atoms with Gasteiger partial charge in [0.2, 0.25) is 0 Å². The second-order valence-corrected chi connectivity index (χ2v) is 14.4. The zero-order valence-corrected chi connectivity index (χ0v) is 29.6. The summed E-state index contributed by atoms with van der Waals surface area (Å²) in [5.74, 6) is 0.706. The summed E-state index contributed by atoms with van der Waals surface area (Å²) in [6, 6.07) is 69.2. The molecule has 0 fully saturated rings. The molecule has 0 atom stereocenters. The second kappa shape index (κ2) is 13.1. The fourth-order valence-corrected chi connectivity index (χ4v) is 8.71. The Morgan fingerprint density at radius 1 is 0.321 bits per heavy atom. The van der Waals surface area contributed by atoms with E-state index in [1.165, 1.54) is 36.9 Å². The van der Waals surface area contributed by atoms with Crippen LogP contribution in [0.2, 0.25) is 0 Å². The summed E-state index contributed by atoms with van der Waals surface area (Å²) in [6.07, 6.45) is 0. The summed E-state index contributed by atoms with van der Waals surface area (Å²) in [6.45, 7) is 0. The SMILES string of the molecule is c1ccc(-c2cccc(-c3cc(-c4cc(-c5ccccc5)cc(-c5cccc6c5sc5ccccc56)c4)nc(-c4cccc5ccccc45)n3)c2)cc1. The molecular weight excluding hydrogens is 661 g/mol. The van der Waals surface area contributed by atoms with Crippen molar-refractivity contribution in [1.29, 1.82) is 0 Å². The van der Waals surface area contributed by atoms with E-state index >= 15 is 0 Å². The highest BCUT2D eigenvalue weighted by atomic mass is 32.1. The predicted octanol–water partition coefficient (Wildman–Crippen LogP) is 14.0. The van der Waals surface area contributed by atoms with Crippen LogP contribution in [0, 0.1) is 0 Å². The standard InChI is InChI=1S/C50H32N2S/c1-3-14-33(15-4-1)36-20-11-21-37(28-36)46-32-47(52-50(51-46)45-26-12-19-35-18-7-8-22-41(35)45)40-30-38(34-16-5-2-6-17-34)29-39(31-40)42-24-13-25-44-43-23-9-10-27-48(43)53-49(42)44/h1-32H. The van der Waals surface area contributed by atoms with Crippen molar-refractivity contribution in [2.24, 2.45) is 0 Å². The van der Waals surface area contributed by atoms with Crippen molar-refractivity contribution in [2.75, 3.05) is 0 Å². The maximum atomic E-state index is 5.39. The highest BCUT2D eigenvalue weighted by Crippen LogP contribution is 2.42. The third-order valence-electron chi connectivity index (χ3n) is 10.1. The first-order valence-electron chi connectivity index (χ1n) is 17.9. The lowest BCUT2D eigenvalue weighted by Crippen LogP contribution is -1.97. The smallest absolute Gasteiger partial charge is 0.161 e. The molecule has 248 valence electrons. The Hall–Kier alpha value is -6.68. The molecular formula is C50H32N2S. The molecule has 0 aliphatic heterocycles. The van der Waals surface area contributed by atoms with Crippen LogP contribution in [0.1, 0.15) is 0 Å². The zero-order valence-electron chi connectivity index (χ0n) is 28.8. The van der Waals surface area contributed by atoms with Crippen molar-refractivity contribution in [3.05, 3.63) is 194 Å². The number of rotatable bonds is 6. The van der Waals surface area contributed by atoms with Gasteiger partial charge in [0.25, 0.3) is 0 Å². The lowest BCUT2D eigenvalue weighted by atomic mass is 9.93. The van der Waals surface area contributed by atoms with E-state index < -0.39 is 0 Å². The van der Waals surface area contributed by atoms with Gasteiger partial charge in [-0.05, 0) is 80.6 Å². The zero-order chi connectivity index (χ0) is 35.1. The van der Waals surface area contributed by atoms with Crippen molar-refractivity contribution >= 4 is 42.3 Å². The van der Waals surface area contributed by atoms with Crippen LogP contribution in [-0.2, 0) is 0 Å². The molecule has 0 aliphatic carbocycles. The summed E-state index contributed by atoms with van der Waals surface area (Å²) in [7, 11) is 0. The number of aromatic nitrogens is 2. The van der Waals surface area contributed by atoms with E-state index in [0.29, 0.717) is 5.82 Å². The number of hydrogen-bond donors (Lipinski definition) is 0. The minimum Gasteiger partial charge on any atom is -0.228 e. The van der Waals surface area contributed by atoms with Gasteiger partial charge in [-0.1, -0.05) is 158 Å². The van der Waals surface area contributed by atoms with Gasteiger partial charge in [-0.2, -0.15) is 0 Å². The van der Waals surface area contributed by atoms with Gasteiger partial charge in [0.05, 0.1) is 11.4 Å². The van der Waals surface area contributed by atoms with Crippen LogP contribution in [0.3, 0.4) is 0 Å². The minimum absolute atomic E-state index is 0.706. The van der Waals surface area contributed by atoms with Gasteiger partial charge in [0, 0.05) is 36.9 Å². The number of thiophene rings is 1. The van der Waals surface area contributed by atoms with E-state index in [1.54, 1.807) is 0 Å². The third-order valence-corrected chi connectivity index (χ3v) is 11.3. The van der Waals surface area contributed by atoms with Crippen LogP contribution < -0.4 is 0 Å². The molecule has 0 spiro atoms. The monoisotopic (exact) mass is 692 g/mol. The van der Waals surface area contributed by atoms with Crippen LogP contribution in [0.5, 0.6) is 0 Å². The molecule has 0 saturated heterocycles. The average Bonchev–Trinajstić information content (AvgIpc) is 3.63.